The van der Waals surface area contributed by atoms with Crippen LogP contribution in [0.4, 0.5) is 4.79 Å². The van der Waals surface area contributed by atoms with Crippen molar-refractivity contribution >= 4 is 56.3 Å². The van der Waals surface area contributed by atoms with Gasteiger partial charge < -0.3 is 25.0 Å². The Hall–Kier alpha value is -4.35. The third-order valence-electron chi connectivity index (χ3n) is 11.5. The Bertz CT molecular complexity index is 2140. The van der Waals surface area contributed by atoms with Crippen LogP contribution in [0, 0.1) is 30.6 Å². The Labute approximate surface area is 326 Å². The maximum Gasteiger partial charge on any atom is 0.407 e. The minimum absolute atomic E-state index is 0.0155. The van der Waals surface area contributed by atoms with Crippen LogP contribution in [0.5, 0.6) is 5.75 Å². The lowest BCUT2D eigenvalue weighted by molar-refractivity contribution is -0.142. The summed E-state index contributed by atoms with van der Waals surface area (Å²) in [5, 5.41) is 7.06. The summed E-state index contributed by atoms with van der Waals surface area (Å²) in [6.07, 6.45) is 7.85. The quantitative estimate of drug-likeness (QED) is 0.279. The number of hydrogen-bond acceptors (Lipinski definition) is 9. The molecule has 2 fully saturated rings. The van der Waals surface area contributed by atoms with Gasteiger partial charge in [-0.1, -0.05) is 68.3 Å². The molecule has 1 aromatic carbocycles. The van der Waals surface area contributed by atoms with E-state index in [1.54, 1.807) is 25.1 Å². The van der Waals surface area contributed by atoms with Crippen LogP contribution >= 0.6 is 11.6 Å². The van der Waals surface area contributed by atoms with E-state index >= 15 is 0 Å². The molecule has 3 N–H and O–H groups in total. The number of aryl methyl sites for hydroxylation is 2. The monoisotopic (exact) mass is 793 g/mol. The molecular formula is C40H48ClN5O8S. The molecule has 294 valence electrons. The summed E-state index contributed by atoms with van der Waals surface area (Å²) >= 11 is 6.28. The number of carbonyl (C=O) groups excluding carboxylic acids is 4. The van der Waals surface area contributed by atoms with E-state index in [-0.39, 0.29) is 25.5 Å². The fourth-order valence-corrected chi connectivity index (χ4v) is 9.36. The molecule has 2 aliphatic carbocycles. The van der Waals surface area contributed by atoms with Gasteiger partial charge in [0.2, 0.25) is 21.8 Å². The van der Waals surface area contributed by atoms with Crippen LogP contribution in [0.25, 0.3) is 10.9 Å². The highest BCUT2D eigenvalue weighted by molar-refractivity contribution is 7.91. The second-order valence-corrected chi connectivity index (χ2v) is 19.0. The first-order chi connectivity index (χ1) is 26.1. The summed E-state index contributed by atoms with van der Waals surface area (Å²) in [4.78, 5) is 62.6. The van der Waals surface area contributed by atoms with Crippen molar-refractivity contribution in [1.82, 2.24) is 25.2 Å². The highest BCUT2D eigenvalue weighted by Gasteiger charge is 2.58. The van der Waals surface area contributed by atoms with Gasteiger partial charge in [-0.25, -0.2) is 22.9 Å². The van der Waals surface area contributed by atoms with Crippen LogP contribution in [0.1, 0.15) is 89.8 Å². The topological polar surface area (TPSA) is 173 Å². The van der Waals surface area contributed by atoms with Crippen molar-refractivity contribution < 1.29 is 37.1 Å². The summed E-state index contributed by atoms with van der Waals surface area (Å²) in [5.41, 5.74) is -0.581. The number of fused-ring (bicyclic) bond motifs is 5. The number of rotatable bonds is 6. The van der Waals surface area contributed by atoms with E-state index in [1.807, 2.05) is 32.9 Å². The first kappa shape index (κ1) is 38.9. The number of hydrogen-bond donors (Lipinski definition) is 3. The largest absolute Gasteiger partial charge is 0.483 e. The lowest BCUT2D eigenvalue weighted by atomic mass is 9.75. The summed E-state index contributed by atoms with van der Waals surface area (Å²) < 4.78 is 39.9. The van der Waals surface area contributed by atoms with E-state index in [2.05, 4.69) is 27.2 Å². The zero-order valence-electron chi connectivity index (χ0n) is 31.6. The smallest absolute Gasteiger partial charge is 0.407 e. The van der Waals surface area contributed by atoms with Crippen LogP contribution in [0.2, 0.25) is 5.02 Å². The molecule has 4 amide bonds. The molecule has 13 nitrogen and oxygen atoms in total. The fourth-order valence-electron chi connectivity index (χ4n) is 7.90. The van der Waals surface area contributed by atoms with Crippen molar-refractivity contribution in [2.24, 2.45) is 11.8 Å². The number of nitrogens with zero attached hydrogens (tertiary/aromatic N) is 2. The van der Waals surface area contributed by atoms with Crippen LogP contribution in [-0.2, 0) is 35.6 Å². The van der Waals surface area contributed by atoms with Gasteiger partial charge in [-0.2, -0.15) is 0 Å². The standard InChI is InChI=1S/C40H48ClN5O8S/c1-24(2)22-53-37(50)43-30-11-9-7-5-6-8-10-26-14-17-40(26,36(49)45-55(51,52)38(4)18-19-38)44-34(47)32-21-39(23-46(32)35(30)48)16-15-29-28-13-12-27(41)20-31(28)42-25(3)33(29)54-39/h8,10,12-13,20,24,26,30,32H,5-7,9,11,15-16,18-19,21-23H2,1-4H3,(H,43,50)(H,44,47)(H,45,49)/b10-8-/t26-,30+,32+,39-,40-/m1/s1. The van der Waals surface area contributed by atoms with Gasteiger partial charge in [0.05, 0.1) is 35.0 Å². The third-order valence-corrected chi connectivity index (χ3v) is 13.9. The molecule has 1 saturated heterocycles. The van der Waals surface area contributed by atoms with Gasteiger partial charge in [-0.15, -0.1) is 0 Å². The summed E-state index contributed by atoms with van der Waals surface area (Å²) in [5.74, 6) is 3.49. The molecule has 2 aromatic rings. The summed E-state index contributed by atoms with van der Waals surface area (Å²) in [6.45, 7) is 7.41. The zero-order valence-corrected chi connectivity index (χ0v) is 33.2. The van der Waals surface area contributed by atoms with Gasteiger partial charge in [0.1, 0.15) is 23.4 Å². The van der Waals surface area contributed by atoms with Crippen LogP contribution in [0.3, 0.4) is 0 Å². The van der Waals surface area contributed by atoms with Crippen molar-refractivity contribution in [3.05, 3.63) is 46.6 Å². The molecule has 55 heavy (non-hydrogen) atoms. The van der Waals surface area contributed by atoms with Gasteiger partial charge in [0, 0.05) is 22.4 Å². The molecule has 0 unspecified atom stereocenters. The average Bonchev–Trinajstić information content (AvgIpc) is 3.79. The first-order valence-electron chi connectivity index (χ1n) is 19.2. The normalized spacial score (nSPS) is 29.1. The van der Waals surface area contributed by atoms with Gasteiger partial charge in [0.15, 0.2) is 5.54 Å². The summed E-state index contributed by atoms with van der Waals surface area (Å²) in [6, 6.07) is 3.35. The molecule has 7 rings (SSSR count). The number of ether oxygens (including phenoxy) is 2. The molecular weight excluding hydrogens is 746 g/mol. The number of alkyl carbamates (subject to hydrolysis) is 1. The summed E-state index contributed by atoms with van der Waals surface area (Å²) in [7, 11) is -4.07. The molecule has 5 aliphatic rings. The highest BCUT2D eigenvalue weighted by atomic mass is 35.5. The van der Waals surface area contributed by atoms with Gasteiger partial charge in [0.25, 0.3) is 5.91 Å². The molecule has 3 aliphatic heterocycles. The van der Waals surface area contributed by atoms with E-state index in [1.165, 1.54) is 4.90 Å². The number of benzene rings is 1. The average molecular weight is 794 g/mol. The number of amides is 4. The van der Waals surface area contributed by atoms with Gasteiger partial charge >= 0.3 is 6.09 Å². The Morgan fingerprint density at radius 3 is 2.67 bits per heavy atom. The van der Waals surface area contributed by atoms with Gasteiger partial charge in [-0.3, -0.25) is 14.4 Å². The lowest BCUT2D eigenvalue weighted by Crippen LogP contribution is -2.68. The SMILES string of the molecule is Cc1nc2cc(Cl)ccc2c2c1O[C@]1(CC2)C[C@H]2C(=O)N[C@]3(C(=O)NS(=O)(=O)C4(C)CC4)C#C[C@H]3/C=C\CCCCC[C@H](NC(=O)OCC(C)C)C(=O)N2C1. The Morgan fingerprint density at radius 1 is 1.18 bits per heavy atom. The number of pyridine rings is 1. The van der Waals surface area contributed by atoms with Crippen LogP contribution < -0.4 is 20.1 Å². The predicted octanol–water partition coefficient (Wildman–Crippen LogP) is 4.62. The fraction of sp³-hybridized carbons (Fsp3) is 0.575. The number of nitrogens with one attached hydrogen (secondary N) is 3. The number of halogens is 1. The van der Waals surface area contributed by atoms with E-state index in [0.29, 0.717) is 61.4 Å². The van der Waals surface area contributed by atoms with Gasteiger partial charge in [-0.05, 0) is 76.8 Å². The number of sulfonamides is 1. The predicted molar refractivity (Wildman–Crippen MR) is 205 cm³/mol. The lowest BCUT2D eigenvalue weighted by Gasteiger charge is -2.38. The maximum absolute atomic E-state index is 14.7. The van der Waals surface area contributed by atoms with E-state index in [4.69, 9.17) is 26.1 Å². The molecule has 15 heteroatoms. The Morgan fingerprint density at radius 2 is 1.96 bits per heavy atom. The second-order valence-electron chi connectivity index (χ2n) is 16.3. The molecule has 0 bridgehead atoms. The third kappa shape index (κ3) is 7.49. The highest BCUT2D eigenvalue weighted by Crippen LogP contribution is 2.46. The molecule has 4 heterocycles. The Kier molecular flexibility index (Phi) is 10.3. The van der Waals surface area contributed by atoms with Crippen LogP contribution in [-0.4, -0.2) is 83.2 Å². The maximum atomic E-state index is 14.7. The Balaban J connectivity index is 1.24. The van der Waals surface area contributed by atoms with E-state index in [9.17, 15) is 27.6 Å². The van der Waals surface area contributed by atoms with Crippen molar-refractivity contribution in [2.45, 2.75) is 120 Å². The van der Waals surface area contributed by atoms with Crippen molar-refractivity contribution in [1.29, 1.82) is 0 Å². The first-order valence-corrected chi connectivity index (χ1v) is 21.0. The molecule has 5 atom stereocenters. The second kappa shape index (κ2) is 14.6. The number of carbonyl (C=O) groups is 4. The number of aromatic nitrogens is 1. The molecule has 1 saturated carbocycles. The van der Waals surface area contributed by atoms with Crippen LogP contribution in [0.15, 0.2) is 30.4 Å². The molecule has 1 spiro atoms. The van der Waals surface area contributed by atoms with E-state index in [0.717, 1.165) is 29.3 Å². The number of allylic oxidation sites excluding steroid dienone is 1. The molecule has 0 radical (unpaired) electrons. The van der Waals surface area contributed by atoms with Crippen molar-refractivity contribution in [2.75, 3.05) is 13.2 Å². The van der Waals surface area contributed by atoms with E-state index < -0.39 is 67.7 Å². The minimum Gasteiger partial charge on any atom is -0.483 e. The molecule has 1 aromatic heterocycles. The zero-order chi connectivity index (χ0) is 39.3. The minimum atomic E-state index is -4.07. The van der Waals surface area contributed by atoms with Crippen molar-refractivity contribution in [3.8, 4) is 17.6 Å². The van der Waals surface area contributed by atoms with Crippen molar-refractivity contribution in [3.63, 3.8) is 0 Å².